The van der Waals surface area contributed by atoms with Gasteiger partial charge in [-0.2, -0.15) is 13.2 Å². The van der Waals surface area contributed by atoms with E-state index in [2.05, 4.69) is 0 Å². The number of benzene rings is 4. The predicted octanol–water partition coefficient (Wildman–Crippen LogP) is 8.20. The minimum Gasteiger partial charge on any atom is -0.463 e. The van der Waals surface area contributed by atoms with E-state index in [1.807, 2.05) is 67.6 Å². The Balaban J connectivity index is 1.84. The maximum atomic E-state index is 13.9. The normalized spacial score (nSPS) is 11.7. The molecule has 0 aliphatic heterocycles. The molecule has 0 radical (unpaired) electrons. The molecule has 0 unspecified atom stereocenters. The second-order valence-electron chi connectivity index (χ2n) is 7.92. The van der Waals surface area contributed by atoms with Crippen molar-refractivity contribution < 1.29 is 27.4 Å². The first-order valence-electron chi connectivity index (χ1n) is 11.1. The lowest BCUT2D eigenvalue weighted by Crippen LogP contribution is -2.08. The molecule has 178 valence electrons. The molecule has 6 heteroatoms. The van der Waals surface area contributed by atoms with E-state index in [-0.39, 0.29) is 17.9 Å². The largest absolute Gasteiger partial charge is 0.463 e. The van der Waals surface area contributed by atoms with Crippen molar-refractivity contribution in [2.45, 2.75) is 20.0 Å². The first-order chi connectivity index (χ1) is 16.8. The molecule has 0 aliphatic carbocycles. The summed E-state index contributed by atoms with van der Waals surface area (Å²) in [4.78, 5) is 11.6. The van der Waals surface area contributed by atoms with Crippen LogP contribution in [0.4, 0.5) is 13.2 Å². The minimum absolute atomic E-state index is 0.0403. The van der Waals surface area contributed by atoms with Gasteiger partial charge in [-0.3, -0.25) is 0 Å². The molecule has 35 heavy (non-hydrogen) atoms. The van der Waals surface area contributed by atoms with Crippen LogP contribution >= 0.6 is 0 Å². The van der Waals surface area contributed by atoms with Crippen LogP contribution in [-0.4, -0.2) is 12.6 Å². The molecule has 4 rings (SSSR count). The van der Waals surface area contributed by atoms with E-state index < -0.39 is 17.7 Å². The Hall–Kier alpha value is -4.06. The Morgan fingerprint density at radius 1 is 0.943 bits per heavy atom. The van der Waals surface area contributed by atoms with Gasteiger partial charge >= 0.3 is 12.1 Å². The fourth-order valence-electron chi connectivity index (χ4n) is 3.97. The van der Waals surface area contributed by atoms with Gasteiger partial charge in [0.25, 0.3) is 0 Å². The zero-order chi connectivity index (χ0) is 25.0. The first-order valence-corrected chi connectivity index (χ1v) is 11.1. The van der Waals surface area contributed by atoms with Crippen LogP contribution in [0.5, 0.6) is 11.5 Å². The zero-order valence-corrected chi connectivity index (χ0v) is 19.2. The molecule has 0 aromatic heterocycles. The molecule has 0 atom stereocenters. The highest BCUT2D eigenvalue weighted by Gasteiger charge is 2.33. The summed E-state index contributed by atoms with van der Waals surface area (Å²) in [5, 5.41) is 1.71. The fraction of sp³-hybridized carbons (Fsp3) is 0.138. The average molecular weight is 476 g/mol. The zero-order valence-electron chi connectivity index (χ0n) is 19.2. The van der Waals surface area contributed by atoms with Crippen LogP contribution in [0, 0.1) is 6.92 Å². The number of fused-ring (bicyclic) bond motifs is 1. The molecule has 0 bridgehead atoms. The molecular weight excluding hydrogens is 453 g/mol. The molecule has 0 N–H and O–H groups in total. The summed E-state index contributed by atoms with van der Waals surface area (Å²) >= 11 is 0. The average Bonchev–Trinajstić information content (AvgIpc) is 2.83. The van der Waals surface area contributed by atoms with Gasteiger partial charge < -0.3 is 9.47 Å². The van der Waals surface area contributed by atoms with Crippen LogP contribution in [-0.2, 0) is 15.7 Å². The van der Waals surface area contributed by atoms with Crippen molar-refractivity contribution in [1.82, 2.24) is 0 Å². The fourth-order valence-corrected chi connectivity index (χ4v) is 3.97. The summed E-state index contributed by atoms with van der Waals surface area (Å²) in [5.41, 5.74) is 1.58. The quantitative estimate of drug-likeness (QED) is 0.208. The lowest BCUT2D eigenvalue weighted by atomic mass is 9.95. The number of hydrogen-bond donors (Lipinski definition) is 0. The van der Waals surface area contributed by atoms with Crippen LogP contribution < -0.4 is 4.74 Å². The van der Waals surface area contributed by atoms with Crippen LogP contribution in [0.25, 0.3) is 28.0 Å². The molecule has 0 saturated carbocycles. The SMILES string of the molecule is CCOC(=O)/C=C/c1ccc(Oc2c(-c3ccccc3)c(C)cc3ccccc23)cc1C(F)(F)F. The van der Waals surface area contributed by atoms with Crippen LogP contribution in [0.3, 0.4) is 0 Å². The van der Waals surface area contributed by atoms with E-state index in [0.29, 0.717) is 5.75 Å². The molecule has 4 aromatic rings. The summed E-state index contributed by atoms with van der Waals surface area (Å²) in [5.74, 6) is -0.187. The van der Waals surface area contributed by atoms with Crippen molar-refractivity contribution in [3.8, 4) is 22.6 Å². The molecule has 0 aliphatic rings. The molecule has 0 heterocycles. The van der Waals surface area contributed by atoms with E-state index in [1.54, 1.807) is 6.92 Å². The van der Waals surface area contributed by atoms with Gasteiger partial charge in [-0.05, 0) is 54.1 Å². The molecule has 0 amide bonds. The number of carbonyl (C=O) groups excluding carboxylic acids is 1. The van der Waals surface area contributed by atoms with Crippen LogP contribution in [0.15, 0.2) is 84.9 Å². The lowest BCUT2D eigenvalue weighted by Gasteiger charge is -2.19. The van der Waals surface area contributed by atoms with Gasteiger partial charge in [0.2, 0.25) is 0 Å². The van der Waals surface area contributed by atoms with Crippen molar-refractivity contribution >= 4 is 22.8 Å². The highest BCUT2D eigenvalue weighted by molar-refractivity contribution is 5.97. The van der Waals surface area contributed by atoms with Crippen molar-refractivity contribution in [1.29, 1.82) is 0 Å². The van der Waals surface area contributed by atoms with Gasteiger partial charge in [0.1, 0.15) is 11.5 Å². The molecule has 0 fully saturated rings. The number of alkyl halides is 3. The third kappa shape index (κ3) is 5.38. The first kappa shape index (κ1) is 24.1. The standard InChI is InChI=1S/C29H23F3O3/c1-3-34-26(33)16-14-20-13-15-23(18-25(20)29(30,31)32)35-28-24-12-8-7-11-22(24)17-19(2)27(28)21-9-5-4-6-10-21/h4-18H,3H2,1-2H3/b16-14+. The van der Waals surface area contributed by atoms with E-state index >= 15 is 0 Å². The number of esters is 1. The number of aryl methyl sites for hydroxylation is 1. The summed E-state index contributed by atoms with van der Waals surface area (Å²) in [7, 11) is 0. The smallest absolute Gasteiger partial charge is 0.417 e. The van der Waals surface area contributed by atoms with Crippen molar-refractivity contribution in [3.05, 3.63) is 102 Å². The van der Waals surface area contributed by atoms with Gasteiger partial charge in [0, 0.05) is 17.0 Å². The van der Waals surface area contributed by atoms with Gasteiger partial charge in [-0.15, -0.1) is 0 Å². The number of ether oxygens (including phenoxy) is 2. The Kier molecular flexibility index (Phi) is 6.92. The molecule has 0 saturated heterocycles. The number of rotatable bonds is 6. The molecule has 4 aromatic carbocycles. The van der Waals surface area contributed by atoms with E-state index in [9.17, 15) is 18.0 Å². The third-order valence-corrected chi connectivity index (χ3v) is 5.50. The van der Waals surface area contributed by atoms with Gasteiger partial charge in [-0.25, -0.2) is 4.79 Å². The van der Waals surface area contributed by atoms with Crippen molar-refractivity contribution in [3.63, 3.8) is 0 Å². The summed E-state index contributed by atoms with van der Waals surface area (Å²) in [6.07, 6.45) is -2.57. The van der Waals surface area contributed by atoms with Crippen molar-refractivity contribution in [2.24, 2.45) is 0 Å². The minimum atomic E-state index is -4.65. The van der Waals surface area contributed by atoms with Crippen LogP contribution in [0.1, 0.15) is 23.6 Å². The molecule has 3 nitrogen and oxygen atoms in total. The highest BCUT2D eigenvalue weighted by Crippen LogP contribution is 2.43. The highest BCUT2D eigenvalue weighted by atomic mass is 19.4. The summed E-state index contributed by atoms with van der Waals surface area (Å²) in [6.45, 7) is 3.71. The second-order valence-corrected chi connectivity index (χ2v) is 7.92. The third-order valence-electron chi connectivity index (χ3n) is 5.50. The monoisotopic (exact) mass is 476 g/mol. The number of halogens is 3. The maximum absolute atomic E-state index is 13.9. The molecule has 0 spiro atoms. The Morgan fingerprint density at radius 2 is 1.66 bits per heavy atom. The van der Waals surface area contributed by atoms with Crippen molar-refractivity contribution in [2.75, 3.05) is 6.61 Å². The maximum Gasteiger partial charge on any atom is 0.417 e. The Morgan fingerprint density at radius 3 is 2.37 bits per heavy atom. The predicted molar refractivity (Wildman–Crippen MR) is 131 cm³/mol. The summed E-state index contributed by atoms with van der Waals surface area (Å²) < 4.78 is 52.7. The van der Waals surface area contributed by atoms with E-state index in [1.165, 1.54) is 12.1 Å². The number of carbonyl (C=O) groups is 1. The van der Waals surface area contributed by atoms with Crippen LogP contribution in [0.2, 0.25) is 0 Å². The van der Waals surface area contributed by atoms with E-state index in [0.717, 1.165) is 45.7 Å². The summed E-state index contributed by atoms with van der Waals surface area (Å²) in [6, 6.07) is 22.9. The van der Waals surface area contributed by atoms with Gasteiger partial charge in [0.05, 0.1) is 12.2 Å². The lowest BCUT2D eigenvalue weighted by molar-refractivity contribution is -0.138. The number of hydrogen-bond acceptors (Lipinski definition) is 3. The second kappa shape index (κ2) is 10.1. The Bertz CT molecular complexity index is 1390. The van der Waals surface area contributed by atoms with Gasteiger partial charge in [0.15, 0.2) is 0 Å². The Labute approximate surface area is 201 Å². The van der Waals surface area contributed by atoms with Gasteiger partial charge in [-0.1, -0.05) is 66.7 Å². The topological polar surface area (TPSA) is 35.5 Å². The molecular formula is C29H23F3O3. The van der Waals surface area contributed by atoms with E-state index in [4.69, 9.17) is 9.47 Å².